The lowest BCUT2D eigenvalue weighted by Gasteiger charge is -2.16. The van der Waals surface area contributed by atoms with Crippen LogP contribution in [0.15, 0.2) is 60.9 Å². The Morgan fingerprint density at radius 3 is 2.21 bits per heavy atom. The highest BCUT2D eigenvalue weighted by Gasteiger charge is 2.32. The van der Waals surface area contributed by atoms with Gasteiger partial charge in [-0.1, -0.05) is 42.5 Å². The van der Waals surface area contributed by atoms with Crippen molar-refractivity contribution in [3.8, 4) is 11.3 Å². The lowest BCUT2D eigenvalue weighted by atomic mass is 9.90. The van der Waals surface area contributed by atoms with Gasteiger partial charge in [0.05, 0.1) is 25.2 Å². The second kappa shape index (κ2) is 7.75. The molecule has 1 heterocycles. The molecule has 8 heteroatoms. The molecule has 0 bridgehead atoms. The van der Waals surface area contributed by atoms with Gasteiger partial charge in [0.15, 0.2) is 5.69 Å². The van der Waals surface area contributed by atoms with Gasteiger partial charge < -0.3 is 4.74 Å². The third kappa shape index (κ3) is 4.00. The molecule has 0 saturated carbocycles. The fourth-order valence-corrected chi connectivity index (χ4v) is 2.74. The maximum Gasteiger partial charge on any atom is 0.434 e. The minimum Gasteiger partial charge on any atom is -0.468 e. The molecule has 0 aliphatic carbocycles. The van der Waals surface area contributed by atoms with Gasteiger partial charge in [0, 0.05) is 11.1 Å². The monoisotopic (exact) mass is 390 g/mol. The van der Waals surface area contributed by atoms with E-state index in [2.05, 4.69) is 9.97 Å². The average molecular weight is 390 g/mol. The Hall–Kier alpha value is -3.29. The van der Waals surface area contributed by atoms with Crippen molar-refractivity contribution in [2.24, 2.45) is 0 Å². The second-order valence-electron chi connectivity index (χ2n) is 5.88. The van der Waals surface area contributed by atoms with Crippen LogP contribution in [0.4, 0.5) is 17.6 Å². The number of carbonyl (C=O) groups excluding carboxylic acids is 1. The Morgan fingerprint density at radius 1 is 1.00 bits per heavy atom. The van der Waals surface area contributed by atoms with Gasteiger partial charge >= 0.3 is 12.1 Å². The number of nitrogens with zero attached hydrogens (tertiary/aromatic N) is 2. The van der Waals surface area contributed by atoms with Gasteiger partial charge in [0.2, 0.25) is 0 Å². The van der Waals surface area contributed by atoms with Gasteiger partial charge in [-0.3, -0.25) is 9.78 Å². The second-order valence-corrected chi connectivity index (χ2v) is 5.88. The molecule has 1 aromatic heterocycles. The molecule has 0 radical (unpaired) electrons. The van der Waals surface area contributed by atoms with Crippen molar-refractivity contribution in [3.05, 3.63) is 83.6 Å². The summed E-state index contributed by atoms with van der Waals surface area (Å²) < 4.78 is 56.8. The van der Waals surface area contributed by atoms with Crippen molar-refractivity contribution in [2.75, 3.05) is 7.11 Å². The van der Waals surface area contributed by atoms with Crippen molar-refractivity contribution in [1.82, 2.24) is 9.97 Å². The highest BCUT2D eigenvalue weighted by Crippen LogP contribution is 2.31. The first-order valence-electron chi connectivity index (χ1n) is 8.13. The van der Waals surface area contributed by atoms with E-state index in [9.17, 15) is 22.4 Å². The zero-order chi connectivity index (χ0) is 20.3. The molecule has 0 N–H and O–H groups in total. The van der Waals surface area contributed by atoms with E-state index >= 15 is 0 Å². The van der Waals surface area contributed by atoms with Gasteiger partial charge in [0.1, 0.15) is 11.7 Å². The van der Waals surface area contributed by atoms with Crippen molar-refractivity contribution in [2.45, 2.75) is 12.1 Å². The molecule has 4 nitrogen and oxygen atoms in total. The fraction of sp³-hybridized carbons (Fsp3) is 0.150. The summed E-state index contributed by atoms with van der Waals surface area (Å²) in [6, 6.07) is 12.2. The molecule has 0 aliphatic rings. The number of ether oxygens (including phenoxy) is 1. The number of esters is 1. The Labute approximate surface area is 157 Å². The van der Waals surface area contributed by atoms with Crippen molar-refractivity contribution in [1.29, 1.82) is 0 Å². The molecule has 1 atom stereocenters. The zero-order valence-electron chi connectivity index (χ0n) is 14.6. The van der Waals surface area contributed by atoms with Gasteiger partial charge in [-0.25, -0.2) is 9.37 Å². The molecule has 3 rings (SSSR count). The minimum atomic E-state index is -4.57. The number of benzene rings is 2. The normalized spacial score (nSPS) is 12.5. The molecule has 28 heavy (non-hydrogen) atoms. The van der Waals surface area contributed by atoms with Gasteiger partial charge in [-0.05, 0) is 11.6 Å². The van der Waals surface area contributed by atoms with E-state index in [0.29, 0.717) is 17.3 Å². The van der Waals surface area contributed by atoms with E-state index in [4.69, 9.17) is 4.74 Å². The SMILES string of the molecule is COC(=O)C(c1ccc(-c2cnc(C(F)(F)F)cn2)cc1)c1ccccc1F. The summed E-state index contributed by atoms with van der Waals surface area (Å²) in [6.07, 6.45) is -2.89. The van der Waals surface area contributed by atoms with Crippen molar-refractivity contribution in [3.63, 3.8) is 0 Å². The molecule has 0 saturated heterocycles. The summed E-state index contributed by atoms with van der Waals surface area (Å²) in [5, 5.41) is 0. The largest absolute Gasteiger partial charge is 0.468 e. The summed E-state index contributed by atoms with van der Waals surface area (Å²) in [5.41, 5.74) is 0.289. The van der Waals surface area contributed by atoms with E-state index in [-0.39, 0.29) is 11.3 Å². The van der Waals surface area contributed by atoms with E-state index in [1.807, 2.05) is 0 Å². The average Bonchev–Trinajstić information content (AvgIpc) is 2.69. The topological polar surface area (TPSA) is 52.1 Å². The molecule has 0 amide bonds. The van der Waals surface area contributed by atoms with E-state index in [1.54, 1.807) is 30.3 Å². The number of hydrogen-bond donors (Lipinski definition) is 0. The van der Waals surface area contributed by atoms with Crippen LogP contribution in [0, 0.1) is 5.82 Å². The highest BCUT2D eigenvalue weighted by atomic mass is 19.4. The first-order valence-corrected chi connectivity index (χ1v) is 8.13. The molecule has 144 valence electrons. The number of aromatic nitrogens is 2. The zero-order valence-corrected chi connectivity index (χ0v) is 14.6. The first-order chi connectivity index (χ1) is 13.3. The molecule has 0 fully saturated rings. The van der Waals surface area contributed by atoms with Crippen molar-refractivity contribution >= 4 is 5.97 Å². The maximum atomic E-state index is 14.2. The number of rotatable bonds is 4. The highest BCUT2D eigenvalue weighted by molar-refractivity contribution is 5.82. The van der Waals surface area contributed by atoms with Crippen LogP contribution in [-0.4, -0.2) is 23.0 Å². The summed E-state index contributed by atoms with van der Waals surface area (Å²) in [7, 11) is 1.21. The van der Waals surface area contributed by atoms with Crippen LogP contribution in [0.3, 0.4) is 0 Å². The van der Waals surface area contributed by atoms with Crippen LogP contribution < -0.4 is 0 Å². The molecular weight excluding hydrogens is 376 g/mol. The molecule has 1 unspecified atom stereocenters. The van der Waals surface area contributed by atoms with Gasteiger partial charge in [-0.2, -0.15) is 13.2 Å². The third-order valence-electron chi connectivity index (χ3n) is 4.14. The molecule has 0 aliphatic heterocycles. The summed E-state index contributed by atoms with van der Waals surface area (Å²) in [6.45, 7) is 0. The minimum absolute atomic E-state index is 0.163. The number of halogens is 4. The van der Waals surface area contributed by atoms with Gasteiger partial charge in [0.25, 0.3) is 0 Å². The Balaban J connectivity index is 1.94. The summed E-state index contributed by atoms with van der Waals surface area (Å²) in [5.74, 6) is -2.15. The smallest absolute Gasteiger partial charge is 0.434 e. The number of carbonyl (C=O) groups is 1. The van der Waals surface area contributed by atoms with Crippen LogP contribution in [0.1, 0.15) is 22.7 Å². The Kier molecular flexibility index (Phi) is 5.39. The lowest BCUT2D eigenvalue weighted by Crippen LogP contribution is -2.17. The number of hydrogen-bond acceptors (Lipinski definition) is 4. The van der Waals surface area contributed by atoms with Crippen LogP contribution >= 0.6 is 0 Å². The Morgan fingerprint density at radius 2 is 1.68 bits per heavy atom. The summed E-state index contributed by atoms with van der Waals surface area (Å²) in [4.78, 5) is 19.4. The van der Waals surface area contributed by atoms with Crippen LogP contribution in [0.2, 0.25) is 0 Å². The number of alkyl halides is 3. The molecule has 3 aromatic rings. The quantitative estimate of drug-likeness (QED) is 0.482. The first kappa shape index (κ1) is 19.5. The molecule has 0 spiro atoms. The van der Waals surface area contributed by atoms with Crippen LogP contribution in [0.5, 0.6) is 0 Å². The maximum absolute atomic E-state index is 14.2. The van der Waals surface area contributed by atoms with Crippen LogP contribution in [-0.2, 0) is 15.7 Å². The predicted molar refractivity (Wildman–Crippen MR) is 92.7 cm³/mol. The van der Waals surface area contributed by atoms with Gasteiger partial charge in [-0.15, -0.1) is 0 Å². The summed E-state index contributed by atoms with van der Waals surface area (Å²) >= 11 is 0. The van der Waals surface area contributed by atoms with Crippen LogP contribution in [0.25, 0.3) is 11.3 Å². The standard InChI is InChI=1S/C20H14F4N2O2/c1-28-19(27)18(14-4-2-3-5-15(14)21)13-8-6-12(7-9-13)16-10-26-17(11-25-16)20(22,23)24/h2-11,18H,1H3. The van der Waals surface area contributed by atoms with E-state index in [1.165, 1.54) is 25.3 Å². The Bertz CT molecular complexity index is 971. The fourth-order valence-electron chi connectivity index (χ4n) is 2.74. The number of methoxy groups -OCH3 is 1. The lowest BCUT2D eigenvalue weighted by molar-refractivity contribution is -0.142. The predicted octanol–water partition coefficient (Wildman–Crippen LogP) is 4.61. The molecular formula is C20H14F4N2O2. The third-order valence-corrected chi connectivity index (χ3v) is 4.14. The molecule has 2 aromatic carbocycles. The van der Waals surface area contributed by atoms with E-state index < -0.39 is 29.6 Å². The van der Waals surface area contributed by atoms with E-state index in [0.717, 1.165) is 6.20 Å². The van der Waals surface area contributed by atoms with Crippen molar-refractivity contribution < 1.29 is 27.1 Å².